The van der Waals surface area contributed by atoms with Crippen LogP contribution in [0.5, 0.6) is 5.75 Å². The number of carbonyl (C=O) groups excluding carboxylic acids is 1. The molecule has 0 radical (unpaired) electrons. The van der Waals surface area contributed by atoms with Crippen molar-refractivity contribution in [2.24, 2.45) is 0 Å². The molecule has 0 atom stereocenters. The fraction of sp³-hybridized carbons (Fsp3) is 0.250. The van der Waals surface area contributed by atoms with Crippen LogP contribution < -0.4 is 4.74 Å². The molecule has 0 aliphatic rings. The van der Waals surface area contributed by atoms with Gasteiger partial charge < -0.3 is 9.47 Å². The van der Waals surface area contributed by atoms with Crippen LogP contribution >= 0.6 is 0 Å². The van der Waals surface area contributed by atoms with Crippen molar-refractivity contribution in [1.82, 2.24) is 0 Å². The number of benzene rings is 1. The van der Waals surface area contributed by atoms with E-state index in [1.165, 1.54) is 31.4 Å². The van der Waals surface area contributed by atoms with Crippen LogP contribution in [-0.4, -0.2) is 19.7 Å². The number of hydrogen-bond donors (Lipinski definition) is 0. The minimum atomic E-state index is -0.386. The van der Waals surface area contributed by atoms with Gasteiger partial charge in [-0.1, -0.05) is 0 Å². The molecule has 86 valence electrons. The van der Waals surface area contributed by atoms with Gasteiger partial charge in [0.25, 0.3) is 0 Å². The Morgan fingerprint density at radius 1 is 1.38 bits per heavy atom. The molecule has 0 bridgehead atoms. The van der Waals surface area contributed by atoms with Crippen LogP contribution in [0.1, 0.15) is 6.92 Å². The van der Waals surface area contributed by atoms with Gasteiger partial charge in [0.15, 0.2) is 0 Å². The van der Waals surface area contributed by atoms with Crippen molar-refractivity contribution in [3.63, 3.8) is 0 Å². The van der Waals surface area contributed by atoms with E-state index in [4.69, 9.17) is 4.74 Å². The zero-order chi connectivity index (χ0) is 12.0. The van der Waals surface area contributed by atoms with E-state index in [0.29, 0.717) is 11.3 Å². The molecule has 0 spiro atoms. The standard InChI is InChI=1S/C12H13FO3/c1-9(12(14)15-2)7-8-16-11-5-3-10(13)4-6-11/h3-7H,8H2,1-2H3. The number of carbonyl (C=O) groups is 1. The van der Waals surface area contributed by atoms with Crippen molar-refractivity contribution in [2.75, 3.05) is 13.7 Å². The third-order valence-electron chi connectivity index (χ3n) is 1.96. The highest BCUT2D eigenvalue weighted by Crippen LogP contribution is 2.11. The normalized spacial score (nSPS) is 11.1. The number of ether oxygens (including phenoxy) is 2. The van der Waals surface area contributed by atoms with Crippen LogP contribution in [0.15, 0.2) is 35.9 Å². The van der Waals surface area contributed by atoms with Gasteiger partial charge in [0.1, 0.15) is 18.2 Å². The Labute approximate surface area is 93.5 Å². The summed E-state index contributed by atoms with van der Waals surface area (Å²) in [4.78, 5) is 11.0. The zero-order valence-corrected chi connectivity index (χ0v) is 9.20. The van der Waals surface area contributed by atoms with Crippen molar-refractivity contribution in [2.45, 2.75) is 6.92 Å². The second kappa shape index (κ2) is 5.90. The van der Waals surface area contributed by atoms with Gasteiger partial charge in [-0.15, -0.1) is 0 Å². The Hall–Kier alpha value is -1.84. The number of rotatable bonds is 4. The molecule has 0 saturated heterocycles. The molecule has 0 heterocycles. The third-order valence-corrected chi connectivity index (χ3v) is 1.96. The number of methoxy groups -OCH3 is 1. The van der Waals surface area contributed by atoms with Crippen LogP contribution in [0.25, 0.3) is 0 Å². The molecular formula is C12H13FO3. The van der Waals surface area contributed by atoms with Crippen molar-refractivity contribution in [3.8, 4) is 5.75 Å². The fourth-order valence-electron chi connectivity index (χ4n) is 1.04. The number of hydrogen-bond acceptors (Lipinski definition) is 3. The van der Waals surface area contributed by atoms with Crippen molar-refractivity contribution >= 4 is 5.97 Å². The van der Waals surface area contributed by atoms with E-state index in [1.807, 2.05) is 0 Å². The van der Waals surface area contributed by atoms with E-state index in [0.717, 1.165) is 0 Å². The second-order valence-electron chi connectivity index (χ2n) is 3.14. The monoisotopic (exact) mass is 224 g/mol. The van der Waals surface area contributed by atoms with E-state index in [9.17, 15) is 9.18 Å². The molecule has 4 heteroatoms. The molecule has 0 saturated carbocycles. The summed E-state index contributed by atoms with van der Waals surface area (Å²) in [5.74, 6) is -0.147. The lowest BCUT2D eigenvalue weighted by atomic mass is 10.3. The van der Waals surface area contributed by atoms with Crippen LogP contribution in [0, 0.1) is 5.82 Å². The molecule has 1 aromatic rings. The van der Waals surface area contributed by atoms with E-state index in [-0.39, 0.29) is 18.4 Å². The van der Waals surface area contributed by atoms with Gasteiger partial charge in [-0.2, -0.15) is 0 Å². The first kappa shape index (κ1) is 12.2. The molecule has 0 aliphatic heterocycles. The first-order chi connectivity index (χ1) is 7.63. The Bertz CT molecular complexity index is 382. The second-order valence-corrected chi connectivity index (χ2v) is 3.14. The molecule has 0 aromatic heterocycles. The van der Waals surface area contributed by atoms with Gasteiger partial charge in [-0.05, 0) is 37.3 Å². The lowest BCUT2D eigenvalue weighted by Crippen LogP contribution is -2.04. The van der Waals surface area contributed by atoms with Crippen LogP contribution in [0.3, 0.4) is 0 Å². The summed E-state index contributed by atoms with van der Waals surface area (Å²) < 4.78 is 22.4. The molecule has 0 amide bonds. The Kier molecular flexibility index (Phi) is 4.51. The quantitative estimate of drug-likeness (QED) is 0.581. The molecule has 1 aromatic carbocycles. The smallest absolute Gasteiger partial charge is 0.333 e. The maximum atomic E-state index is 12.6. The average Bonchev–Trinajstić information content (AvgIpc) is 2.30. The number of esters is 1. The Morgan fingerprint density at radius 2 is 2.00 bits per heavy atom. The topological polar surface area (TPSA) is 35.5 Å². The molecule has 3 nitrogen and oxygen atoms in total. The van der Waals surface area contributed by atoms with Gasteiger partial charge in [0.2, 0.25) is 0 Å². The highest BCUT2D eigenvalue weighted by molar-refractivity contribution is 5.87. The highest BCUT2D eigenvalue weighted by Gasteiger charge is 2.01. The van der Waals surface area contributed by atoms with E-state index in [1.54, 1.807) is 13.0 Å². The van der Waals surface area contributed by atoms with Crippen molar-refractivity contribution in [1.29, 1.82) is 0 Å². The van der Waals surface area contributed by atoms with Crippen LogP contribution in [0.2, 0.25) is 0 Å². The van der Waals surface area contributed by atoms with Crippen LogP contribution in [0.4, 0.5) is 4.39 Å². The summed E-state index contributed by atoms with van der Waals surface area (Å²) in [5.41, 5.74) is 0.476. The molecule has 0 N–H and O–H groups in total. The van der Waals surface area contributed by atoms with Crippen molar-refractivity contribution in [3.05, 3.63) is 41.7 Å². The largest absolute Gasteiger partial charge is 0.490 e. The van der Waals surface area contributed by atoms with Gasteiger partial charge in [0.05, 0.1) is 7.11 Å². The summed E-state index contributed by atoms with van der Waals surface area (Å²) in [6, 6.07) is 5.67. The zero-order valence-electron chi connectivity index (χ0n) is 9.20. The highest BCUT2D eigenvalue weighted by atomic mass is 19.1. The summed E-state index contributed by atoms with van der Waals surface area (Å²) in [5, 5.41) is 0. The van der Waals surface area contributed by atoms with E-state index >= 15 is 0 Å². The summed E-state index contributed by atoms with van der Waals surface area (Å²) >= 11 is 0. The first-order valence-electron chi connectivity index (χ1n) is 4.77. The molecule has 0 aliphatic carbocycles. The summed E-state index contributed by atoms with van der Waals surface area (Å²) in [6.07, 6.45) is 1.61. The lowest BCUT2D eigenvalue weighted by Gasteiger charge is -2.03. The average molecular weight is 224 g/mol. The fourth-order valence-corrected chi connectivity index (χ4v) is 1.04. The summed E-state index contributed by atoms with van der Waals surface area (Å²) in [7, 11) is 1.32. The van der Waals surface area contributed by atoms with Gasteiger partial charge in [-0.3, -0.25) is 0 Å². The maximum absolute atomic E-state index is 12.6. The third kappa shape index (κ3) is 3.73. The van der Waals surface area contributed by atoms with Crippen molar-refractivity contribution < 1.29 is 18.7 Å². The predicted octanol–water partition coefficient (Wildman–Crippen LogP) is 2.32. The Morgan fingerprint density at radius 3 is 2.56 bits per heavy atom. The molecule has 0 unspecified atom stereocenters. The Balaban J connectivity index is 2.46. The minimum Gasteiger partial charge on any atom is -0.490 e. The van der Waals surface area contributed by atoms with Gasteiger partial charge in [-0.25, -0.2) is 9.18 Å². The van der Waals surface area contributed by atoms with Crippen LogP contribution in [-0.2, 0) is 9.53 Å². The molecule has 1 rings (SSSR count). The predicted molar refractivity (Wildman–Crippen MR) is 57.7 cm³/mol. The van der Waals surface area contributed by atoms with Gasteiger partial charge >= 0.3 is 5.97 Å². The van der Waals surface area contributed by atoms with E-state index < -0.39 is 0 Å². The van der Waals surface area contributed by atoms with E-state index in [2.05, 4.69) is 4.74 Å². The SMILES string of the molecule is COC(=O)C(C)=CCOc1ccc(F)cc1. The molecular weight excluding hydrogens is 211 g/mol. The summed E-state index contributed by atoms with van der Waals surface area (Å²) in [6.45, 7) is 1.88. The first-order valence-corrected chi connectivity index (χ1v) is 4.77. The number of halogens is 1. The lowest BCUT2D eigenvalue weighted by molar-refractivity contribution is -0.136. The maximum Gasteiger partial charge on any atom is 0.333 e. The molecule has 16 heavy (non-hydrogen) atoms. The minimum absolute atomic E-state index is 0.243. The van der Waals surface area contributed by atoms with Gasteiger partial charge in [0, 0.05) is 5.57 Å². The molecule has 0 fully saturated rings.